The van der Waals surface area contributed by atoms with Crippen LogP contribution in [0.15, 0.2) is 24.3 Å². The zero-order valence-electron chi connectivity index (χ0n) is 13.6. The maximum atomic E-state index is 10.3. The Hall–Kier alpha value is -2.14. The SMILES string of the molecule is Cc1cc(C)c(-c2ccc(NCC3(O)CCCC3)nn2)c(O)c1. The molecule has 0 spiro atoms. The monoisotopic (exact) mass is 313 g/mol. The lowest BCUT2D eigenvalue weighted by molar-refractivity contribution is 0.0614. The smallest absolute Gasteiger partial charge is 0.148 e. The van der Waals surface area contributed by atoms with Crippen molar-refractivity contribution in [1.82, 2.24) is 10.2 Å². The summed E-state index contributed by atoms with van der Waals surface area (Å²) in [5.74, 6) is 0.858. The molecule has 1 aliphatic rings. The molecular weight excluding hydrogens is 290 g/mol. The second kappa shape index (κ2) is 6.16. The van der Waals surface area contributed by atoms with Crippen molar-refractivity contribution in [1.29, 1.82) is 0 Å². The van der Waals surface area contributed by atoms with Crippen LogP contribution in [0.3, 0.4) is 0 Å². The average molecular weight is 313 g/mol. The Morgan fingerprint density at radius 2 is 1.87 bits per heavy atom. The number of nitrogens with one attached hydrogen (secondary N) is 1. The van der Waals surface area contributed by atoms with E-state index in [-0.39, 0.29) is 5.75 Å². The van der Waals surface area contributed by atoms with Crippen molar-refractivity contribution < 1.29 is 10.2 Å². The third kappa shape index (κ3) is 3.45. The van der Waals surface area contributed by atoms with Crippen molar-refractivity contribution in [3.8, 4) is 17.0 Å². The lowest BCUT2D eigenvalue weighted by Gasteiger charge is -2.22. The molecule has 0 saturated heterocycles. The van der Waals surface area contributed by atoms with E-state index in [4.69, 9.17) is 0 Å². The molecule has 122 valence electrons. The van der Waals surface area contributed by atoms with Crippen LogP contribution in [0.25, 0.3) is 11.3 Å². The van der Waals surface area contributed by atoms with Crippen molar-refractivity contribution in [2.45, 2.75) is 45.1 Å². The number of aryl methyl sites for hydroxylation is 2. The number of benzene rings is 1. The molecule has 0 radical (unpaired) electrons. The molecule has 0 bridgehead atoms. The summed E-state index contributed by atoms with van der Waals surface area (Å²) in [5, 5.41) is 32.0. The van der Waals surface area contributed by atoms with Gasteiger partial charge < -0.3 is 15.5 Å². The van der Waals surface area contributed by atoms with Gasteiger partial charge in [-0.3, -0.25) is 0 Å². The van der Waals surface area contributed by atoms with Gasteiger partial charge in [0.15, 0.2) is 0 Å². The first kappa shape index (κ1) is 15.7. The first-order valence-electron chi connectivity index (χ1n) is 8.07. The minimum Gasteiger partial charge on any atom is -0.507 e. The van der Waals surface area contributed by atoms with Crippen LogP contribution in [0.1, 0.15) is 36.8 Å². The van der Waals surface area contributed by atoms with E-state index in [1.54, 1.807) is 6.07 Å². The van der Waals surface area contributed by atoms with Crippen LogP contribution in [-0.2, 0) is 0 Å². The quantitative estimate of drug-likeness (QED) is 0.808. The topological polar surface area (TPSA) is 78.3 Å². The molecule has 1 aromatic heterocycles. The van der Waals surface area contributed by atoms with Crippen LogP contribution in [0.2, 0.25) is 0 Å². The molecule has 1 fully saturated rings. The summed E-state index contributed by atoms with van der Waals surface area (Å²) in [6.07, 6.45) is 3.83. The molecule has 1 aliphatic carbocycles. The van der Waals surface area contributed by atoms with Crippen LogP contribution >= 0.6 is 0 Å². The highest BCUT2D eigenvalue weighted by Crippen LogP contribution is 2.32. The third-order valence-corrected chi connectivity index (χ3v) is 4.51. The van der Waals surface area contributed by atoms with Gasteiger partial charge in [-0.05, 0) is 56.0 Å². The normalized spacial score (nSPS) is 16.5. The van der Waals surface area contributed by atoms with E-state index in [2.05, 4.69) is 15.5 Å². The molecule has 3 rings (SSSR count). The molecule has 23 heavy (non-hydrogen) atoms. The number of aromatic nitrogens is 2. The predicted molar refractivity (Wildman–Crippen MR) is 90.5 cm³/mol. The number of rotatable bonds is 4. The van der Waals surface area contributed by atoms with Gasteiger partial charge >= 0.3 is 0 Å². The van der Waals surface area contributed by atoms with Crippen molar-refractivity contribution in [2.75, 3.05) is 11.9 Å². The van der Waals surface area contributed by atoms with Crippen LogP contribution in [0.4, 0.5) is 5.82 Å². The number of nitrogens with zero attached hydrogens (tertiary/aromatic N) is 2. The minimum atomic E-state index is -0.619. The summed E-state index contributed by atoms with van der Waals surface area (Å²) >= 11 is 0. The number of phenols is 1. The fourth-order valence-electron chi connectivity index (χ4n) is 3.30. The van der Waals surface area contributed by atoms with Crippen LogP contribution < -0.4 is 5.32 Å². The third-order valence-electron chi connectivity index (χ3n) is 4.51. The molecule has 1 aromatic carbocycles. The molecule has 0 unspecified atom stereocenters. The molecular formula is C18H23N3O2. The van der Waals surface area contributed by atoms with E-state index < -0.39 is 5.60 Å². The van der Waals surface area contributed by atoms with Gasteiger partial charge in [-0.15, -0.1) is 10.2 Å². The highest BCUT2D eigenvalue weighted by atomic mass is 16.3. The van der Waals surface area contributed by atoms with Gasteiger partial charge in [0.05, 0.1) is 11.3 Å². The Kier molecular flexibility index (Phi) is 4.22. The van der Waals surface area contributed by atoms with Crippen molar-refractivity contribution >= 4 is 5.82 Å². The maximum absolute atomic E-state index is 10.3. The summed E-state index contributed by atoms with van der Waals surface area (Å²) in [5.41, 5.74) is 2.72. The van der Waals surface area contributed by atoms with Gasteiger partial charge in [0.25, 0.3) is 0 Å². The Bertz CT molecular complexity index is 669. The second-order valence-corrected chi connectivity index (χ2v) is 6.56. The number of anilines is 1. The van der Waals surface area contributed by atoms with E-state index in [1.807, 2.05) is 32.0 Å². The molecule has 5 heteroatoms. The summed E-state index contributed by atoms with van der Waals surface area (Å²) < 4.78 is 0. The Morgan fingerprint density at radius 1 is 1.13 bits per heavy atom. The second-order valence-electron chi connectivity index (χ2n) is 6.56. The summed E-state index contributed by atoms with van der Waals surface area (Å²) in [4.78, 5) is 0. The Morgan fingerprint density at radius 3 is 2.48 bits per heavy atom. The number of hydrogen-bond acceptors (Lipinski definition) is 5. The summed E-state index contributed by atoms with van der Waals surface area (Å²) in [6, 6.07) is 7.41. The molecule has 3 N–H and O–H groups in total. The van der Waals surface area contributed by atoms with E-state index in [1.165, 1.54) is 0 Å². The first-order chi connectivity index (χ1) is 11.0. The van der Waals surface area contributed by atoms with Crippen LogP contribution in [0.5, 0.6) is 5.75 Å². The van der Waals surface area contributed by atoms with E-state index in [9.17, 15) is 10.2 Å². The molecule has 1 saturated carbocycles. The molecule has 0 amide bonds. The minimum absolute atomic E-state index is 0.220. The Balaban J connectivity index is 1.75. The molecule has 1 heterocycles. The highest BCUT2D eigenvalue weighted by Gasteiger charge is 2.30. The van der Waals surface area contributed by atoms with Gasteiger partial charge in [-0.1, -0.05) is 18.9 Å². The maximum Gasteiger partial charge on any atom is 0.148 e. The first-order valence-corrected chi connectivity index (χ1v) is 8.07. The van der Waals surface area contributed by atoms with Crippen LogP contribution in [-0.4, -0.2) is 32.6 Å². The molecule has 0 aliphatic heterocycles. The Labute approximate surface area is 136 Å². The summed E-state index contributed by atoms with van der Waals surface area (Å²) in [7, 11) is 0. The van der Waals surface area contributed by atoms with Crippen LogP contribution in [0, 0.1) is 13.8 Å². The van der Waals surface area contributed by atoms with E-state index in [0.29, 0.717) is 23.6 Å². The van der Waals surface area contributed by atoms with Crippen molar-refractivity contribution in [3.05, 3.63) is 35.4 Å². The van der Waals surface area contributed by atoms with Gasteiger partial charge in [-0.25, -0.2) is 0 Å². The van der Waals surface area contributed by atoms with E-state index in [0.717, 1.165) is 36.8 Å². The average Bonchev–Trinajstić information content (AvgIpc) is 2.93. The van der Waals surface area contributed by atoms with Gasteiger partial charge in [0.2, 0.25) is 0 Å². The molecule has 0 atom stereocenters. The fraction of sp³-hybridized carbons (Fsp3) is 0.444. The largest absolute Gasteiger partial charge is 0.507 e. The van der Waals surface area contributed by atoms with E-state index >= 15 is 0 Å². The fourth-order valence-corrected chi connectivity index (χ4v) is 3.30. The standard InChI is InChI=1S/C18H23N3O2/c1-12-9-13(2)17(15(22)10-12)14-5-6-16(21-20-14)19-11-18(23)7-3-4-8-18/h5-6,9-10,22-23H,3-4,7-8,11H2,1-2H3,(H,19,21). The number of aromatic hydroxyl groups is 1. The van der Waals surface area contributed by atoms with Gasteiger partial charge in [0, 0.05) is 12.1 Å². The number of aliphatic hydroxyl groups is 1. The molecule has 2 aromatic rings. The number of phenolic OH excluding ortho intramolecular Hbond substituents is 1. The summed E-state index contributed by atoms with van der Waals surface area (Å²) in [6.45, 7) is 4.39. The number of hydrogen-bond donors (Lipinski definition) is 3. The lowest BCUT2D eigenvalue weighted by Crippen LogP contribution is -2.33. The zero-order chi connectivity index (χ0) is 16.4. The van der Waals surface area contributed by atoms with Gasteiger partial charge in [-0.2, -0.15) is 0 Å². The zero-order valence-corrected chi connectivity index (χ0v) is 13.6. The predicted octanol–water partition coefficient (Wildman–Crippen LogP) is 3.18. The van der Waals surface area contributed by atoms with Crippen molar-refractivity contribution in [2.24, 2.45) is 0 Å². The lowest BCUT2D eigenvalue weighted by atomic mass is 10.0. The van der Waals surface area contributed by atoms with Gasteiger partial charge in [0.1, 0.15) is 11.6 Å². The molecule has 5 nitrogen and oxygen atoms in total. The van der Waals surface area contributed by atoms with Crippen molar-refractivity contribution in [3.63, 3.8) is 0 Å². The highest BCUT2D eigenvalue weighted by molar-refractivity contribution is 5.71.